The molecule has 0 fully saturated rings. The van der Waals surface area contributed by atoms with Crippen molar-refractivity contribution in [2.75, 3.05) is 13.2 Å². The van der Waals surface area contributed by atoms with Crippen molar-refractivity contribution in [1.29, 1.82) is 0 Å². The smallest absolute Gasteiger partial charge is 0.362 e. The van der Waals surface area contributed by atoms with Crippen molar-refractivity contribution in [1.82, 2.24) is 0 Å². The summed E-state index contributed by atoms with van der Waals surface area (Å²) in [7, 11) is 0. The lowest BCUT2D eigenvalue weighted by Gasteiger charge is -2.04. The summed E-state index contributed by atoms with van der Waals surface area (Å²) in [4.78, 5) is 23.4. The minimum atomic E-state index is -0.727. The number of hydrogen-bond donors (Lipinski definition) is 1. The first-order valence-corrected chi connectivity index (χ1v) is 7.81. The molecule has 0 heterocycles. The number of nitrogens with zero attached hydrogens (tertiary/aromatic N) is 2. The molecule has 1 aromatic carbocycles. The number of hydrogen-bond acceptors (Lipinski definition) is 7. The molecule has 1 rings (SSSR count). The molecule has 0 saturated carbocycles. The quantitative estimate of drug-likeness (QED) is 0.334. The molecule has 1 N–H and O–H groups in total. The number of ether oxygens (including phenoxy) is 2. The number of benzene rings is 1. The van der Waals surface area contributed by atoms with Crippen LogP contribution in [0.1, 0.15) is 44.0 Å². The fourth-order valence-corrected chi connectivity index (χ4v) is 1.76. The van der Waals surface area contributed by atoms with Gasteiger partial charge in [-0.15, -0.1) is 5.11 Å². The van der Waals surface area contributed by atoms with Crippen LogP contribution in [-0.4, -0.2) is 30.3 Å². The first-order valence-electron chi connectivity index (χ1n) is 7.81. The van der Waals surface area contributed by atoms with E-state index in [-0.39, 0.29) is 18.1 Å². The highest BCUT2D eigenvalue weighted by molar-refractivity contribution is 5.90. The third-order valence-corrected chi connectivity index (χ3v) is 2.87. The molecule has 0 atom stereocenters. The van der Waals surface area contributed by atoms with Gasteiger partial charge in [-0.1, -0.05) is 6.92 Å². The van der Waals surface area contributed by atoms with Crippen molar-refractivity contribution in [3.63, 3.8) is 0 Å². The summed E-state index contributed by atoms with van der Waals surface area (Å²) >= 11 is 0. The molecule has 7 heteroatoms. The van der Waals surface area contributed by atoms with Gasteiger partial charge in [0.2, 0.25) is 5.70 Å². The number of aliphatic hydroxyl groups is 1. The van der Waals surface area contributed by atoms with Crippen molar-refractivity contribution >= 4 is 17.6 Å². The zero-order valence-electron chi connectivity index (χ0n) is 14.1. The molecule has 0 aliphatic heterocycles. The minimum absolute atomic E-state index is 0.164. The molecule has 130 valence electrons. The van der Waals surface area contributed by atoms with Gasteiger partial charge in [0.25, 0.3) is 0 Å². The molecule has 7 nitrogen and oxygen atoms in total. The molecule has 0 radical (unpaired) electrons. The Bertz CT molecular complexity index is 620. The van der Waals surface area contributed by atoms with Crippen LogP contribution in [0.2, 0.25) is 0 Å². The topological polar surface area (TPSA) is 97.5 Å². The Morgan fingerprint density at radius 2 is 1.67 bits per heavy atom. The lowest BCUT2D eigenvalue weighted by molar-refractivity contribution is -0.138. The molecule has 0 aromatic heterocycles. The summed E-state index contributed by atoms with van der Waals surface area (Å²) in [5, 5.41) is 17.6. The fourth-order valence-electron chi connectivity index (χ4n) is 1.76. The molecule has 0 amide bonds. The highest BCUT2D eigenvalue weighted by atomic mass is 16.5. The number of aliphatic hydroxyl groups excluding tert-OH is 1. The molecule has 24 heavy (non-hydrogen) atoms. The van der Waals surface area contributed by atoms with Crippen LogP contribution in [0.25, 0.3) is 0 Å². The van der Waals surface area contributed by atoms with Crippen molar-refractivity contribution in [2.24, 2.45) is 10.2 Å². The summed E-state index contributed by atoms with van der Waals surface area (Å²) in [6.45, 7) is 5.73. The Morgan fingerprint density at radius 1 is 1.04 bits per heavy atom. The van der Waals surface area contributed by atoms with E-state index >= 15 is 0 Å². The van der Waals surface area contributed by atoms with Gasteiger partial charge < -0.3 is 14.6 Å². The third-order valence-electron chi connectivity index (χ3n) is 2.87. The average Bonchev–Trinajstić information content (AvgIpc) is 2.56. The summed E-state index contributed by atoms with van der Waals surface area (Å²) < 4.78 is 9.75. The van der Waals surface area contributed by atoms with E-state index in [2.05, 4.69) is 10.2 Å². The molecule has 0 bridgehead atoms. The summed E-state index contributed by atoms with van der Waals surface area (Å²) in [6.07, 6.45) is 0.952. The van der Waals surface area contributed by atoms with Crippen LogP contribution in [0.5, 0.6) is 0 Å². The van der Waals surface area contributed by atoms with E-state index in [1.165, 1.54) is 0 Å². The molecule has 0 aliphatic rings. The lowest BCUT2D eigenvalue weighted by atomic mass is 10.2. The monoisotopic (exact) mass is 334 g/mol. The molecular formula is C17H22N2O5. The van der Waals surface area contributed by atoms with E-state index in [9.17, 15) is 14.7 Å². The Balaban J connectivity index is 2.95. The van der Waals surface area contributed by atoms with E-state index in [1.54, 1.807) is 38.1 Å². The van der Waals surface area contributed by atoms with Crippen LogP contribution >= 0.6 is 0 Å². The zero-order chi connectivity index (χ0) is 17.9. The number of carbonyl (C=O) groups excluding carboxylic acids is 2. The highest BCUT2D eigenvalue weighted by Crippen LogP contribution is 2.18. The van der Waals surface area contributed by atoms with Crippen LogP contribution in [0.4, 0.5) is 5.69 Å². The second kappa shape index (κ2) is 10.1. The minimum Gasteiger partial charge on any atom is -0.510 e. The van der Waals surface area contributed by atoms with E-state index < -0.39 is 11.9 Å². The van der Waals surface area contributed by atoms with Gasteiger partial charge in [0.05, 0.1) is 24.5 Å². The first-order chi connectivity index (χ1) is 11.5. The largest absolute Gasteiger partial charge is 0.510 e. The van der Waals surface area contributed by atoms with Gasteiger partial charge in [0.15, 0.2) is 0 Å². The SMILES string of the molecule is CCC/C(O)=C(\N=Nc1ccc(C(=O)OCC)cc1)C(=O)OCC. The van der Waals surface area contributed by atoms with Crippen LogP contribution < -0.4 is 0 Å². The van der Waals surface area contributed by atoms with Gasteiger partial charge in [-0.3, -0.25) is 0 Å². The predicted octanol–water partition coefficient (Wildman–Crippen LogP) is 4.08. The number of esters is 2. The maximum absolute atomic E-state index is 11.8. The molecule has 0 aliphatic carbocycles. The van der Waals surface area contributed by atoms with Crippen molar-refractivity contribution < 1.29 is 24.2 Å². The highest BCUT2D eigenvalue weighted by Gasteiger charge is 2.16. The van der Waals surface area contributed by atoms with E-state index in [4.69, 9.17) is 9.47 Å². The number of carbonyl (C=O) groups is 2. The van der Waals surface area contributed by atoms with Crippen LogP contribution in [-0.2, 0) is 14.3 Å². The molecule has 1 aromatic rings. The van der Waals surface area contributed by atoms with Gasteiger partial charge in [-0.2, -0.15) is 5.11 Å². The maximum Gasteiger partial charge on any atom is 0.362 e. The lowest BCUT2D eigenvalue weighted by Crippen LogP contribution is -2.08. The third kappa shape index (κ3) is 5.83. The summed E-state index contributed by atoms with van der Waals surface area (Å²) in [6, 6.07) is 6.22. The number of rotatable bonds is 8. The molecule has 0 spiro atoms. The van der Waals surface area contributed by atoms with Gasteiger partial charge in [-0.25, -0.2) is 9.59 Å². The van der Waals surface area contributed by atoms with E-state index in [0.717, 1.165) is 0 Å². The van der Waals surface area contributed by atoms with Gasteiger partial charge >= 0.3 is 11.9 Å². The van der Waals surface area contributed by atoms with Crippen LogP contribution in [0.3, 0.4) is 0 Å². The second-order valence-electron chi connectivity index (χ2n) is 4.73. The zero-order valence-corrected chi connectivity index (χ0v) is 14.1. The Kier molecular flexibility index (Phi) is 8.18. The summed E-state index contributed by atoms with van der Waals surface area (Å²) in [5.74, 6) is -1.31. The molecular weight excluding hydrogens is 312 g/mol. The van der Waals surface area contributed by atoms with Crippen molar-refractivity contribution in [3.8, 4) is 0 Å². The Morgan fingerprint density at radius 3 is 2.21 bits per heavy atom. The first kappa shape index (κ1) is 19.3. The Labute approximate surface area is 141 Å². The van der Waals surface area contributed by atoms with E-state index in [0.29, 0.717) is 30.7 Å². The standard InChI is InChI=1S/C17H22N2O5/c1-4-7-14(20)15(17(22)24-6-3)19-18-13-10-8-12(9-11-13)16(21)23-5-2/h8-11,20H,4-7H2,1-3H3/b15-14+,19-18?. The number of allylic oxidation sites excluding steroid dienone is 1. The normalized spacial score (nSPS) is 12.0. The number of azo groups is 1. The van der Waals surface area contributed by atoms with Crippen LogP contribution in [0, 0.1) is 0 Å². The van der Waals surface area contributed by atoms with Gasteiger partial charge in [0, 0.05) is 6.42 Å². The van der Waals surface area contributed by atoms with E-state index in [1.807, 2.05) is 6.92 Å². The average molecular weight is 334 g/mol. The summed E-state index contributed by atoms with van der Waals surface area (Å²) in [5.41, 5.74) is 0.605. The van der Waals surface area contributed by atoms with Gasteiger partial charge in [-0.05, 0) is 44.5 Å². The maximum atomic E-state index is 11.8. The van der Waals surface area contributed by atoms with Crippen LogP contribution in [0.15, 0.2) is 46.0 Å². The second-order valence-corrected chi connectivity index (χ2v) is 4.73. The predicted molar refractivity (Wildman–Crippen MR) is 88.1 cm³/mol. The Hall–Kier alpha value is -2.70. The fraction of sp³-hybridized carbons (Fsp3) is 0.412. The van der Waals surface area contributed by atoms with Gasteiger partial charge in [0.1, 0.15) is 5.76 Å². The van der Waals surface area contributed by atoms with Crippen molar-refractivity contribution in [2.45, 2.75) is 33.6 Å². The molecule has 0 saturated heterocycles. The van der Waals surface area contributed by atoms with Crippen molar-refractivity contribution in [3.05, 3.63) is 41.3 Å². The molecule has 0 unspecified atom stereocenters.